The lowest BCUT2D eigenvalue weighted by Gasteiger charge is -2.12. The molecule has 0 saturated carbocycles. The average molecular weight is 327 g/mol. The molecule has 1 heterocycles. The average Bonchev–Trinajstić information content (AvgIpc) is 2.33. The number of hydrogen-bond donors (Lipinski definition) is 1. The SMILES string of the molecule is O=c1[nH]c2cc(C(F)(F)F)cc(C(F)(F)F)c2nc1[N+](=O)[O-]. The van der Waals surface area contributed by atoms with Crippen LogP contribution in [0, 0.1) is 10.1 Å². The minimum Gasteiger partial charge on any atom is -0.358 e. The van der Waals surface area contributed by atoms with Gasteiger partial charge in [-0.05, 0) is 22.0 Å². The second-order valence-electron chi connectivity index (χ2n) is 4.06. The zero-order valence-corrected chi connectivity index (χ0v) is 10.0. The summed E-state index contributed by atoms with van der Waals surface area (Å²) in [7, 11) is 0. The van der Waals surface area contributed by atoms with Crippen molar-refractivity contribution < 1.29 is 31.3 Å². The lowest BCUT2D eigenvalue weighted by molar-refractivity contribution is -0.390. The molecule has 0 amide bonds. The lowest BCUT2D eigenvalue weighted by Crippen LogP contribution is -2.18. The van der Waals surface area contributed by atoms with Crippen LogP contribution in [0.15, 0.2) is 16.9 Å². The van der Waals surface area contributed by atoms with Crippen LogP contribution in [0.2, 0.25) is 0 Å². The molecule has 0 aliphatic heterocycles. The highest BCUT2D eigenvalue weighted by molar-refractivity contribution is 5.80. The third-order valence-corrected chi connectivity index (χ3v) is 2.58. The largest absolute Gasteiger partial charge is 0.430 e. The summed E-state index contributed by atoms with van der Waals surface area (Å²) in [4.78, 5) is 25.0. The second-order valence-corrected chi connectivity index (χ2v) is 4.06. The Hall–Kier alpha value is -2.66. The number of H-pyrrole nitrogens is 1. The summed E-state index contributed by atoms with van der Waals surface area (Å²) in [6, 6.07) is 0.0000737. The lowest BCUT2D eigenvalue weighted by atomic mass is 10.1. The van der Waals surface area contributed by atoms with Gasteiger partial charge < -0.3 is 15.1 Å². The van der Waals surface area contributed by atoms with Crippen molar-refractivity contribution >= 4 is 16.9 Å². The molecule has 0 atom stereocenters. The maximum absolute atomic E-state index is 12.9. The fraction of sp³-hybridized carbons (Fsp3) is 0.200. The second kappa shape index (κ2) is 4.68. The number of nitrogens with zero attached hydrogens (tertiary/aromatic N) is 2. The molecule has 0 bridgehead atoms. The molecule has 0 spiro atoms. The number of alkyl halides is 6. The molecule has 0 radical (unpaired) electrons. The number of hydrogen-bond acceptors (Lipinski definition) is 4. The Balaban J connectivity index is 2.95. The van der Waals surface area contributed by atoms with Crippen molar-refractivity contribution in [2.75, 3.05) is 0 Å². The van der Waals surface area contributed by atoms with Crippen LogP contribution >= 0.6 is 0 Å². The summed E-state index contributed by atoms with van der Waals surface area (Å²) in [5, 5.41) is 10.5. The minimum absolute atomic E-state index is 0.225. The number of aromatic amines is 1. The molecule has 0 unspecified atom stereocenters. The van der Waals surface area contributed by atoms with Crippen molar-refractivity contribution in [2.24, 2.45) is 0 Å². The highest BCUT2D eigenvalue weighted by Gasteiger charge is 2.40. The van der Waals surface area contributed by atoms with Crippen LogP contribution < -0.4 is 5.56 Å². The van der Waals surface area contributed by atoms with Crippen molar-refractivity contribution in [3.63, 3.8) is 0 Å². The Labute approximate surface area is 115 Å². The van der Waals surface area contributed by atoms with Crippen molar-refractivity contribution in [2.45, 2.75) is 12.4 Å². The standard InChI is InChI=1S/C10H3F6N3O3/c11-9(12,13)3-1-4(10(14,15)16)6-5(2-3)17-8(20)7(18-6)19(21)22/h1-2H,(H,17,20). The Morgan fingerprint density at radius 2 is 1.68 bits per heavy atom. The fourth-order valence-electron chi connectivity index (χ4n) is 1.69. The van der Waals surface area contributed by atoms with Gasteiger partial charge in [0, 0.05) is 0 Å². The molecule has 1 N–H and O–H groups in total. The fourth-order valence-corrected chi connectivity index (χ4v) is 1.69. The van der Waals surface area contributed by atoms with E-state index in [1.165, 1.54) is 0 Å². The van der Waals surface area contributed by atoms with E-state index in [4.69, 9.17) is 0 Å². The topological polar surface area (TPSA) is 88.9 Å². The molecule has 2 aromatic rings. The van der Waals surface area contributed by atoms with Gasteiger partial charge in [0.15, 0.2) is 0 Å². The van der Waals surface area contributed by atoms with Gasteiger partial charge in [-0.3, -0.25) is 4.79 Å². The van der Waals surface area contributed by atoms with Crippen LogP contribution in [-0.2, 0) is 12.4 Å². The molecule has 0 aliphatic rings. The van der Waals surface area contributed by atoms with Crippen LogP contribution in [0.1, 0.15) is 11.1 Å². The summed E-state index contributed by atoms with van der Waals surface area (Å²) in [6.07, 6.45) is -10.4. The first-order valence-electron chi connectivity index (χ1n) is 5.28. The van der Waals surface area contributed by atoms with Crippen LogP contribution in [0.3, 0.4) is 0 Å². The van der Waals surface area contributed by atoms with Gasteiger partial charge in [0.1, 0.15) is 5.56 Å². The van der Waals surface area contributed by atoms with Gasteiger partial charge in [-0.25, -0.2) is 0 Å². The predicted molar refractivity (Wildman–Crippen MR) is 59.0 cm³/mol. The summed E-state index contributed by atoms with van der Waals surface area (Å²) in [5.74, 6) is -1.45. The Morgan fingerprint density at radius 1 is 1.09 bits per heavy atom. The van der Waals surface area contributed by atoms with Crippen LogP contribution in [-0.4, -0.2) is 14.9 Å². The maximum atomic E-state index is 12.9. The van der Waals surface area contributed by atoms with Crippen molar-refractivity contribution in [1.29, 1.82) is 0 Å². The third-order valence-electron chi connectivity index (χ3n) is 2.58. The summed E-state index contributed by atoms with van der Waals surface area (Å²) >= 11 is 0. The third kappa shape index (κ3) is 2.71. The molecular weight excluding hydrogens is 324 g/mol. The van der Waals surface area contributed by atoms with Gasteiger partial charge in [-0.2, -0.15) is 26.3 Å². The van der Waals surface area contributed by atoms with Crippen LogP contribution in [0.5, 0.6) is 0 Å². The first-order chi connectivity index (χ1) is 9.91. The molecule has 12 heteroatoms. The number of rotatable bonds is 1. The minimum atomic E-state index is -5.25. The molecule has 2 rings (SSSR count). The number of nitrogens with one attached hydrogen (secondary N) is 1. The summed E-state index contributed by atoms with van der Waals surface area (Å²) in [5.41, 5.74) is -7.06. The molecule has 0 fully saturated rings. The molecule has 0 saturated heterocycles. The van der Waals surface area contributed by atoms with Gasteiger partial charge in [-0.1, -0.05) is 0 Å². The van der Waals surface area contributed by atoms with E-state index in [0.717, 1.165) is 0 Å². The number of fused-ring (bicyclic) bond motifs is 1. The first kappa shape index (κ1) is 15.7. The number of benzene rings is 1. The highest BCUT2D eigenvalue weighted by atomic mass is 19.4. The molecule has 1 aromatic carbocycles. The summed E-state index contributed by atoms with van der Waals surface area (Å²) in [6.45, 7) is 0. The van der Waals surface area contributed by atoms with Gasteiger partial charge in [-0.15, -0.1) is 0 Å². The summed E-state index contributed by atoms with van der Waals surface area (Å²) < 4.78 is 76.4. The quantitative estimate of drug-likeness (QED) is 0.495. The van der Waals surface area contributed by atoms with Crippen molar-refractivity contribution in [3.05, 3.63) is 43.7 Å². The van der Waals surface area contributed by atoms with E-state index in [1.54, 1.807) is 4.98 Å². The number of halogens is 6. The zero-order valence-electron chi connectivity index (χ0n) is 10.0. The Morgan fingerprint density at radius 3 is 2.14 bits per heavy atom. The van der Waals surface area contributed by atoms with E-state index in [0.29, 0.717) is 0 Å². The monoisotopic (exact) mass is 327 g/mol. The van der Waals surface area contributed by atoms with E-state index in [1.807, 2.05) is 0 Å². The van der Waals surface area contributed by atoms with E-state index in [9.17, 15) is 41.3 Å². The van der Waals surface area contributed by atoms with Gasteiger partial charge in [0.2, 0.25) is 5.52 Å². The maximum Gasteiger partial charge on any atom is 0.430 e. The van der Waals surface area contributed by atoms with Crippen LogP contribution in [0.4, 0.5) is 32.2 Å². The van der Waals surface area contributed by atoms with Gasteiger partial charge in [0.05, 0.1) is 11.1 Å². The van der Waals surface area contributed by atoms with Crippen LogP contribution in [0.25, 0.3) is 11.0 Å². The normalized spacial score (nSPS) is 12.6. The van der Waals surface area contributed by atoms with E-state index < -0.39 is 50.8 Å². The first-order valence-corrected chi connectivity index (χ1v) is 5.28. The Kier molecular flexibility index (Phi) is 3.34. The molecule has 6 nitrogen and oxygen atoms in total. The predicted octanol–water partition coefficient (Wildman–Crippen LogP) is 2.87. The molecule has 1 aromatic heterocycles. The highest BCUT2D eigenvalue weighted by Crippen LogP contribution is 2.38. The molecule has 0 aliphatic carbocycles. The molecule has 118 valence electrons. The number of aromatic nitrogens is 2. The van der Waals surface area contributed by atoms with Crippen molar-refractivity contribution in [3.8, 4) is 0 Å². The molecule has 22 heavy (non-hydrogen) atoms. The van der Waals surface area contributed by atoms with E-state index >= 15 is 0 Å². The zero-order chi connectivity index (χ0) is 16.9. The van der Waals surface area contributed by atoms with Gasteiger partial charge >= 0.3 is 23.7 Å². The Bertz CT molecular complexity index is 823. The van der Waals surface area contributed by atoms with Gasteiger partial charge in [0.25, 0.3) is 0 Å². The number of nitro groups is 1. The molecular formula is C10H3F6N3O3. The smallest absolute Gasteiger partial charge is 0.358 e. The van der Waals surface area contributed by atoms with E-state index in [2.05, 4.69) is 4.98 Å². The van der Waals surface area contributed by atoms with E-state index in [-0.39, 0.29) is 12.1 Å². The van der Waals surface area contributed by atoms with Crippen molar-refractivity contribution in [1.82, 2.24) is 9.97 Å².